The zero-order chi connectivity index (χ0) is 18.8. The van der Waals surface area contributed by atoms with E-state index < -0.39 is 11.9 Å². The minimum Gasteiger partial charge on any atom is -0.292 e. The molecular weight excluding hydrogens is 343 g/mol. The number of imide groups is 1. The van der Waals surface area contributed by atoms with Crippen LogP contribution in [0.25, 0.3) is 0 Å². The zero-order valence-corrected chi connectivity index (χ0v) is 15.2. The maximum atomic E-state index is 14.1. The fourth-order valence-electron chi connectivity index (χ4n) is 4.20. The summed E-state index contributed by atoms with van der Waals surface area (Å²) in [5.74, 6) is -0.562. The highest BCUT2D eigenvalue weighted by Crippen LogP contribution is 2.30. The fraction of sp³-hybridized carbons (Fsp3) is 0.364. The number of piperidine rings is 1. The van der Waals surface area contributed by atoms with Gasteiger partial charge in [0.05, 0.1) is 18.2 Å². The van der Waals surface area contributed by atoms with Gasteiger partial charge in [0.2, 0.25) is 5.91 Å². The Labute approximate surface area is 158 Å². The molecule has 0 aliphatic carbocycles. The number of anilines is 1. The molecule has 0 radical (unpaired) electrons. The molecule has 4 rings (SSSR count). The van der Waals surface area contributed by atoms with Crippen LogP contribution < -0.4 is 4.90 Å². The Morgan fingerprint density at radius 1 is 0.926 bits per heavy atom. The maximum Gasteiger partial charge on any atom is 0.251 e. The second kappa shape index (κ2) is 7.61. The van der Waals surface area contributed by atoms with E-state index in [2.05, 4.69) is 29.2 Å². The van der Waals surface area contributed by atoms with Crippen molar-refractivity contribution < 1.29 is 14.0 Å². The molecule has 2 heterocycles. The highest BCUT2D eigenvalue weighted by atomic mass is 19.1. The molecule has 2 fully saturated rings. The summed E-state index contributed by atoms with van der Waals surface area (Å²) in [6.45, 7) is 1.60. The zero-order valence-electron chi connectivity index (χ0n) is 15.2. The summed E-state index contributed by atoms with van der Waals surface area (Å²) < 4.78 is 14.1. The van der Waals surface area contributed by atoms with E-state index in [0.29, 0.717) is 5.92 Å². The quantitative estimate of drug-likeness (QED) is 0.779. The topological polar surface area (TPSA) is 40.6 Å². The molecule has 5 heteroatoms. The van der Waals surface area contributed by atoms with Gasteiger partial charge in [-0.2, -0.15) is 0 Å². The summed E-state index contributed by atoms with van der Waals surface area (Å²) in [4.78, 5) is 28.4. The summed E-state index contributed by atoms with van der Waals surface area (Å²) >= 11 is 0. The van der Waals surface area contributed by atoms with Gasteiger partial charge in [-0.25, -0.2) is 9.29 Å². The molecule has 0 unspecified atom stereocenters. The average molecular weight is 366 g/mol. The van der Waals surface area contributed by atoms with Gasteiger partial charge in [-0.3, -0.25) is 14.5 Å². The third-order valence-electron chi connectivity index (χ3n) is 5.67. The second-order valence-corrected chi connectivity index (χ2v) is 7.41. The monoisotopic (exact) mass is 366 g/mol. The number of rotatable bonds is 4. The van der Waals surface area contributed by atoms with E-state index in [1.54, 1.807) is 12.1 Å². The molecule has 2 saturated heterocycles. The van der Waals surface area contributed by atoms with Crippen molar-refractivity contribution in [3.05, 3.63) is 66.0 Å². The van der Waals surface area contributed by atoms with Crippen LogP contribution in [0.4, 0.5) is 10.1 Å². The van der Waals surface area contributed by atoms with E-state index in [-0.39, 0.29) is 23.9 Å². The largest absolute Gasteiger partial charge is 0.292 e. The lowest BCUT2D eigenvalue weighted by Crippen LogP contribution is -2.46. The molecular formula is C22H23FN2O2. The van der Waals surface area contributed by atoms with Gasteiger partial charge >= 0.3 is 0 Å². The Kier molecular flexibility index (Phi) is 5.03. The van der Waals surface area contributed by atoms with Crippen LogP contribution in [0, 0.1) is 11.7 Å². The number of hydrogen-bond acceptors (Lipinski definition) is 3. The lowest BCUT2D eigenvalue weighted by Gasteiger charge is -2.34. The van der Waals surface area contributed by atoms with Gasteiger partial charge in [0.25, 0.3) is 5.91 Å². The smallest absolute Gasteiger partial charge is 0.251 e. The number of halogens is 1. The number of hydrogen-bond donors (Lipinski definition) is 0. The SMILES string of the molecule is O=C1C[C@@H](N2CCC(Cc3ccccc3)CC2)C(=O)N1c1ccccc1F. The molecule has 2 aliphatic rings. The van der Waals surface area contributed by atoms with Crippen molar-refractivity contribution in [2.45, 2.75) is 31.7 Å². The molecule has 27 heavy (non-hydrogen) atoms. The minimum atomic E-state index is -0.540. The summed E-state index contributed by atoms with van der Waals surface area (Å²) in [6.07, 6.45) is 3.20. The third kappa shape index (κ3) is 3.65. The number of amides is 2. The van der Waals surface area contributed by atoms with E-state index in [1.807, 2.05) is 6.07 Å². The van der Waals surface area contributed by atoms with Gasteiger partial charge in [-0.05, 0) is 56.0 Å². The molecule has 1 atom stereocenters. The summed E-state index contributed by atoms with van der Waals surface area (Å²) in [5, 5.41) is 0. The van der Waals surface area contributed by atoms with Crippen LogP contribution >= 0.6 is 0 Å². The van der Waals surface area contributed by atoms with Crippen LogP contribution in [0.1, 0.15) is 24.8 Å². The fourth-order valence-corrected chi connectivity index (χ4v) is 4.20. The molecule has 4 nitrogen and oxygen atoms in total. The third-order valence-corrected chi connectivity index (χ3v) is 5.67. The molecule has 0 N–H and O–H groups in total. The highest BCUT2D eigenvalue weighted by molar-refractivity contribution is 6.22. The van der Waals surface area contributed by atoms with E-state index in [4.69, 9.17) is 0 Å². The van der Waals surface area contributed by atoms with Gasteiger partial charge in [-0.1, -0.05) is 42.5 Å². The Morgan fingerprint density at radius 3 is 2.30 bits per heavy atom. The van der Waals surface area contributed by atoms with Crippen LogP contribution in [0.5, 0.6) is 0 Å². The molecule has 0 bridgehead atoms. The number of carbonyl (C=O) groups is 2. The van der Waals surface area contributed by atoms with Crippen molar-refractivity contribution in [3.63, 3.8) is 0 Å². The van der Waals surface area contributed by atoms with Gasteiger partial charge in [0.1, 0.15) is 5.82 Å². The summed E-state index contributed by atoms with van der Waals surface area (Å²) in [7, 11) is 0. The predicted octanol–water partition coefficient (Wildman–Crippen LogP) is 3.41. The number of carbonyl (C=O) groups excluding carboxylic acids is 2. The van der Waals surface area contributed by atoms with Crippen molar-refractivity contribution in [2.24, 2.45) is 5.92 Å². The van der Waals surface area contributed by atoms with Crippen molar-refractivity contribution in [1.82, 2.24) is 4.90 Å². The Balaban J connectivity index is 1.40. The van der Waals surface area contributed by atoms with Crippen molar-refractivity contribution in [3.8, 4) is 0 Å². The van der Waals surface area contributed by atoms with E-state index >= 15 is 0 Å². The first-order valence-electron chi connectivity index (χ1n) is 9.53. The average Bonchev–Trinajstić information content (AvgIpc) is 2.98. The minimum absolute atomic E-state index is 0.0639. The Morgan fingerprint density at radius 2 is 1.59 bits per heavy atom. The molecule has 2 aliphatic heterocycles. The molecule has 2 aromatic carbocycles. The lowest BCUT2D eigenvalue weighted by atomic mass is 9.89. The highest BCUT2D eigenvalue weighted by Gasteiger charge is 2.44. The molecule has 2 aromatic rings. The lowest BCUT2D eigenvalue weighted by molar-refractivity contribution is -0.123. The first kappa shape index (κ1) is 17.9. The molecule has 0 saturated carbocycles. The summed E-state index contributed by atoms with van der Waals surface area (Å²) in [5.41, 5.74) is 1.41. The Bertz CT molecular complexity index is 831. The van der Waals surface area contributed by atoms with Crippen molar-refractivity contribution in [2.75, 3.05) is 18.0 Å². The number of para-hydroxylation sites is 1. The maximum absolute atomic E-state index is 14.1. The van der Waals surface area contributed by atoms with E-state index in [1.165, 1.54) is 17.7 Å². The van der Waals surface area contributed by atoms with Crippen molar-refractivity contribution in [1.29, 1.82) is 0 Å². The second-order valence-electron chi connectivity index (χ2n) is 7.41. The normalized spacial score (nSPS) is 21.8. The number of nitrogens with zero attached hydrogens (tertiary/aromatic N) is 2. The van der Waals surface area contributed by atoms with Gasteiger partial charge < -0.3 is 0 Å². The Hall–Kier alpha value is -2.53. The van der Waals surface area contributed by atoms with Crippen LogP contribution in [0.15, 0.2) is 54.6 Å². The van der Waals surface area contributed by atoms with Crippen LogP contribution in [0.3, 0.4) is 0 Å². The number of likely N-dealkylation sites (tertiary alicyclic amines) is 1. The first-order chi connectivity index (χ1) is 13.1. The standard InChI is InChI=1S/C22H23FN2O2/c23-18-8-4-5-9-19(18)25-21(26)15-20(22(25)27)24-12-10-17(11-13-24)14-16-6-2-1-3-7-16/h1-9,17,20H,10-15H2/t20-/m1/s1. The van der Waals surface area contributed by atoms with Crippen LogP contribution in [0.2, 0.25) is 0 Å². The molecule has 140 valence electrons. The van der Waals surface area contributed by atoms with Crippen LogP contribution in [-0.4, -0.2) is 35.8 Å². The van der Waals surface area contributed by atoms with E-state index in [9.17, 15) is 14.0 Å². The molecule has 0 spiro atoms. The van der Waals surface area contributed by atoms with Gasteiger partial charge in [-0.15, -0.1) is 0 Å². The van der Waals surface area contributed by atoms with E-state index in [0.717, 1.165) is 37.3 Å². The van der Waals surface area contributed by atoms with Gasteiger partial charge in [0, 0.05) is 0 Å². The van der Waals surface area contributed by atoms with Gasteiger partial charge in [0.15, 0.2) is 0 Å². The summed E-state index contributed by atoms with van der Waals surface area (Å²) in [6, 6.07) is 15.9. The van der Waals surface area contributed by atoms with Crippen LogP contribution in [-0.2, 0) is 16.0 Å². The molecule has 0 aromatic heterocycles. The van der Waals surface area contributed by atoms with Crippen molar-refractivity contribution >= 4 is 17.5 Å². The number of benzene rings is 2. The first-order valence-corrected chi connectivity index (χ1v) is 9.53. The predicted molar refractivity (Wildman–Crippen MR) is 102 cm³/mol. The molecule has 2 amide bonds.